The van der Waals surface area contributed by atoms with Crippen LogP contribution in [0.25, 0.3) is 0 Å². The highest BCUT2D eigenvalue weighted by Gasteiger charge is 2.19. The lowest BCUT2D eigenvalue weighted by atomic mass is 10.1. The van der Waals surface area contributed by atoms with Crippen LogP contribution in [0.2, 0.25) is 0 Å². The molecule has 0 aliphatic rings. The van der Waals surface area contributed by atoms with Crippen LogP contribution >= 0.6 is 0 Å². The standard InChI is InChI=1S/C14H20FN3O2/c1-4-18(8-10(3)13(16)17-20)14(19)11-5-6-12(15)9(2)7-11/h5-7,10,20H,4,8H2,1-3H3,(H2,16,17). The van der Waals surface area contributed by atoms with Gasteiger partial charge in [-0.1, -0.05) is 12.1 Å². The van der Waals surface area contributed by atoms with Crippen LogP contribution in [0.4, 0.5) is 4.39 Å². The number of rotatable bonds is 5. The number of hydrogen-bond acceptors (Lipinski definition) is 3. The molecule has 1 atom stereocenters. The summed E-state index contributed by atoms with van der Waals surface area (Å²) in [6.45, 7) is 6.04. The number of aryl methyl sites for hydroxylation is 1. The molecule has 0 spiro atoms. The van der Waals surface area contributed by atoms with Crippen LogP contribution in [-0.2, 0) is 0 Å². The lowest BCUT2D eigenvalue weighted by Crippen LogP contribution is -2.38. The average molecular weight is 281 g/mol. The summed E-state index contributed by atoms with van der Waals surface area (Å²) in [5.74, 6) is -0.722. The molecule has 1 aromatic rings. The fourth-order valence-corrected chi connectivity index (χ4v) is 1.84. The van der Waals surface area contributed by atoms with Crippen molar-refractivity contribution in [3.8, 4) is 0 Å². The van der Waals surface area contributed by atoms with E-state index in [9.17, 15) is 9.18 Å². The Morgan fingerprint density at radius 3 is 2.70 bits per heavy atom. The third-order valence-corrected chi connectivity index (χ3v) is 3.19. The van der Waals surface area contributed by atoms with Gasteiger partial charge >= 0.3 is 0 Å². The first-order valence-electron chi connectivity index (χ1n) is 6.43. The summed E-state index contributed by atoms with van der Waals surface area (Å²) < 4.78 is 13.2. The number of oxime groups is 1. The Kier molecular flexibility index (Phi) is 5.49. The van der Waals surface area contributed by atoms with E-state index in [1.165, 1.54) is 18.2 Å². The van der Waals surface area contributed by atoms with E-state index in [1.54, 1.807) is 18.7 Å². The summed E-state index contributed by atoms with van der Waals surface area (Å²) in [7, 11) is 0. The molecule has 0 bridgehead atoms. The van der Waals surface area contributed by atoms with Crippen molar-refractivity contribution in [1.82, 2.24) is 4.90 Å². The van der Waals surface area contributed by atoms with Gasteiger partial charge in [-0.05, 0) is 37.6 Å². The van der Waals surface area contributed by atoms with Gasteiger partial charge < -0.3 is 15.8 Å². The summed E-state index contributed by atoms with van der Waals surface area (Å²) in [6.07, 6.45) is 0. The van der Waals surface area contributed by atoms with Gasteiger partial charge in [0, 0.05) is 24.6 Å². The normalized spacial score (nSPS) is 13.1. The van der Waals surface area contributed by atoms with Crippen LogP contribution in [0.1, 0.15) is 29.8 Å². The molecular weight excluding hydrogens is 261 g/mol. The molecule has 0 saturated heterocycles. The number of amides is 1. The fourth-order valence-electron chi connectivity index (χ4n) is 1.84. The molecule has 3 N–H and O–H groups in total. The van der Waals surface area contributed by atoms with Crippen LogP contribution in [-0.4, -0.2) is 34.9 Å². The molecule has 110 valence electrons. The first-order valence-corrected chi connectivity index (χ1v) is 6.43. The average Bonchev–Trinajstić information content (AvgIpc) is 2.45. The minimum absolute atomic E-state index is 0.0755. The van der Waals surface area contributed by atoms with Crippen molar-refractivity contribution < 1.29 is 14.4 Å². The van der Waals surface area contributed by atoms with Gasteiger partial charge in [0.2, 0.25) is 0 Å². The first-order chi connectivity index (χ1) is 9.40. The molecule has 1 aromatic carbocycles. The third kappa shape index (κ3) is 3.69. The number of carbonyl (C=O) groups is 1. The molecule has 0 fully saturated rings. The van der Waals surface area contributed by atoms with E-state index < -0.39 is 0 Å². The monoisotopic (exact) mass is 281 g/mol. The van der Waals surface area contributed by atoms with E-state index in [0.29, 0.717) is 24.2 Å². The van der Waals surface area contributed by atoms with Crippen molar-refractivity contribution in [3.05, 3.63) is 35.1 Å². The van der Waals surface area contributed by atoms with Gasteiger partial charge in [0.15, 0.2) is 0 Å². The molecule has 1 amide bonds. The second-order valence-corrected chi connectivity index (χ2v) is 4.73. The molecule has 5 nitrogen and oxygen atoms in total. The zero-order chi connectivity index (χ0) is 15.3. The first kappa shape index (κ1) is 15.9. The van der Waals surface area contributed by atoms with Crippen molar-refractivity contribution in [2.24, 2.45) is 16.8 Å². The quantitative estimate of drug-likeness (QED) is 0.375. The number of benzene rings is 1. The van der Waals surface area contributed by atoms with E-state index in [0.717, 1.165) is 0 Å². The van der Waals surface area contributed by atoms with Crippen LogP contribution in [0, 0.1) is 18.7 Å². The Bertz CT molecular complexity index is 517. The predicted octanol–water partition coefficient (Wildman–Crippen LogP) is 1.98. The number of nitrogens with zero attached hydrogens (tertiary/aromatic N) is 2. The van der Waals surface area contributed by atoms with Gasteiger partial charge in [-0.3, -0.25) is 4.79 Å². The molecular formula is C14H20FN3O2. The van der Waals surface area contributed by atoms with E-state index in [1.807, 2.05) is 6.92 Å². The highest BCUT2D eigenvalue weighted by atomic mass is 19.1. The highest BCUT2D eigenvalue weighted by molar-refractivity contribution is 5.94. The lowest BCUT2D eigenvalue weighted by Gasteiger charge is -2.24. The maximum absolute atomic E-state index is 13.2. The Hall–Kier alpha value is -2.11. The van der Waals surface area contributed by atoms with E-state index in [2.05, 4.69) is 5.16 Å². The molecule has 0 aromatic heterocycles. The Labute approximate surface area is 117 Å². The molecule has 0 heterocycles. The Balaban J connectivity index is 2.89. The predicted molar refractivity (Wildman–Crippen MR) is 75.3 cm³/mol. The summed E-state index contributed by atoms with van der Waals surface area (Å²) in [4.78, 5) is 13.9. The topological polar surface area (TPSA) is 78.9 Å². The van der Waals surface area contributed by atoms with Crippen LogP contribution < -0.4 is 5.73 Å². The third-order valence-electron chi connectivity index (χ3n) is 3.19. The fraction of sp³-hybridized carbons (Fsp3) is 0.429. The zero-order valence-corrected chi connectivity index (χ0v) is 11.9. The second-order valence-electron chi connectivity index (χ2n) is 4.73. The van der Waals surface area contributed by atoms with Gasteiger partial charge in [-0.15, -0.1) is 0 Å². The van der Waals surface area contributed by atoms with Crippen molar-refractivity contribution in [3.63, 3.8) is 0 Å². The SMILES string of the molecule is CCN(CC(C)C(N)=NO)C(=O)c1ccc(F)c(C)c1. The summed E-state index contributed by atoms with van der Waals surface area (Å²) in [5.41, 5.74) is 6.37. The van der Waals surface area contributed by atoms with E-state index >= 15 is 0 Å². The Morgan fingerprint density at radius 1 is 1.55 bits per heavy atom. The molecule has 1 unspecified atom stereocenters. The van der Waals surface area contributed by atoms with Crippen LogP contribution in [0.3, 0.4) is 0 Å². The van der Waals surface area contributed by atoms with Crippen LogP contribution in [0.15, 0.2) is 23.4 Å². The smallest absolute Gasteiger partial charge is 0.253 e. The lowest BCUT2D eigenvalue weighted by molar-refractivity contribution is 0.0753. The van der Waals surface area contributed by atoms with Crippen molar-refractivity contribution in [1.29, 1.82) is 0 Å². The number of hydrogen-bond donors (Lipinski definition) is 2. The van der Waals surface area contributed by atoms with Crippen molar-refractivity contribution >= 4 is 11.7 Å². The molecule has 0 saturated carbocycles. The molecule has 0 aliphatic heterocycles. The zero-order valence-electron chi connectivity index (χ0n) is 11.9. The molecule has 0 aliphatic carbocycles. The number of carbonyl (C=O) groups excluding carboxylic acids is 1. The molecule has 20 heavy (non-hydrogen) atoms. The largest absolute Gasteiger partial charge is 0.409 e. The highest BCUT2D eigenvalue weighted by Crippen LogP contribution is 2.13. The van der Waals surface area contributed by atoms with E-state index in [4.69, 9.17) is 10.9 Å². The number of nitrogens with two attached hydrogens (primary N) is 1. The van der Waals surface area contributed by atoms with E-state index in [-0.39, 0.29) is 23.5 Å². The summed E-state index contributed by atoms with van der Waals surface area (Å²) >= 11 is 0. The molecule has 0 radical (unpaired) electrons. The maximum Gasteiger partial charge on any atom is 0.253 e. The summed E-state index contributed by atoms with van der Waals surface area (Å²) in [5, 5.41) is 11.6. The van der Waals surface area contributed by atoms with Crippen molar-refractivity contribution in [2.75, 3.05) is 13.1 Å². The number of amidine groups is 1. The van der Waals surface area contributed by atoms with Gasteiger partial charge in [0.05, 0.1) is 0 Å². The minimum Gasteiger partial charge on any atom is -0.409 e. The summed E-state index contributed by atoms with van der Waals surface area (Å²) in [6, 6.07) is 4.26. The molecule has 6 heteroatoms. The maximum atomic E-state index is 13.2. The van der Waals surface area contributed by atoms with Gasteiger partial charge in [0.25, 0.3) is 5.91 Å². The van der Waals surface area contributed by atoms with Gasteiger partial charge in [0.1, 0.15) is 11.7 Å². The van der Waals surface area contributed by atoms with Gasteiger partial charge in [-0.25, -0.2) is 4.39 Å². The minimum atomic E-state index is -0.338. The van der Waals surface area contributed by atoms with Crippen LogP contribution in [0.5, 0.6) is 0 Å². The van der Waals surface area contributed by atoms with Gasteiger partial charge in [-0.2, -0.15) is 0 Å². The second kappa shape index (κ2) is 6.88. The molecule has 1 rings (SSSR count). The Morgan fingerprint density at radius 2 is 2.20 bits per heavy atom. The number of halogens is 1. The van der Waals surface area contributed by atoms with Crippen molar-refractivity contribution in [2.45, 2.75) is 20.8 Å².